The molecule has 4 rings (SSSR count). The summed E-state index contributed by atoms with van der Waals surface area (Å²) in [4.78, 5) is 39.2. The molecule has 0 aliphatic carbocycles. The normalized spacial score (nSPS) is 16.6. The zero-order valence-corrected chi connectivity index (χ0v) is 31.4. The minimum absolute atomic E-state index is 0.0530. The molecule has 0 saturated carbocycles. The van der Waals surface area contributed by atoms with Gasteiger partial charge in [0.25, 0.3) is 0 Å². The summed E-state index contributed by atoms with van der Waals surface area (Å²) in [6.45, 7) is 8.91. The Labute approximate surface area is 300 Å². The molecule has 1 heterocycles. The first kappa shape index (κ1) is 37.7. The first-order chi connectivity index (χ1) is 22.7. The Morgan fingerprint density at radius 1 is 0.938 bits per heavy atom. The van der Waals surface area contributed by atoms with E-state index in [1.165, 1.54) is 16.1 Å². The van der Waals surface area contributed by atoms with Crippen LogP contribution in [0, 0.1) is 9.49 Å². The molecule has 1 aliphatic rings. The Kier molecular flexibility index (Phi) is 13.0. The summed E-state index contributed by atoms with van der Waals surface area (Å²) in [6, 6.07) is 22.4. The quantitative estimate of drug-likeness (QED) is 0.160. The van der Waals surface area contributed by atoms with E-state index >= 15 is 0 Å². The van der Waals surface area contributed by atoms with Gasteiger partial charge in [-0.25, -0.2) is 18.0 Å². The van der Waals surface area contributed by atoms with Crippen molar-refractivity contribution in [3.8, 4) is 11.1 Å². The van der Waals surface area contributed by atoms with E-state index in [1.54, 1.807) is 58.9 Å². The predicted octanol–water partition coefficient (Wildman–Crippen LogP) is 6.36. The fraction of sp³-hybridized carbons (Fsp3) is 0.400. The lowest BCUT2D eigenvalue weighted by Crippen LogP contribution is -2.47. The fourth-order valence-electron chi connectivity index (χ4n) is 5.05. The number of rotatable bonds is 12. The van der Waals surface area contributed by atoms with Gasteiger partial charge in [-0.3, -0.25) is 4.79 Å². The van der Waals surface area contributed by atoms with Gasteiger partial charge in [-0.15, -0.1) is 11.8 Å². The molecule has 3 aromatic carbocycles. The van der Waals surface area contributed by atoms with Crippen LogP contribution >= 0.6 is 34.4 Å². The molecular formula is C35H42IN3O7S2. The molecule has 0 aromatic heterocycles. The molecule has 0 bridgehead atoms. The van der Waals surface area contributed by atoms with E-state index < -0.39 is 51.1 Å². The van der Waals surface area contributed by atoms with E-state index in [9.17, 15) is 22.8 Å². The van der Waals surface area contributed by atoms with Gasteiger partial charge in [-0.1, -0.05) is 68.4 Å². The molecule has 3 atom stereocenters. The maximum atomic E-state index is 13.7. The van der Waals surface area contributed by atoms with Gasteiger partial charge in [0.1, 0.15) is 17.0 Å². The van der Waals surface area contributed by atoms with Gasteiger partial charge in [-0.2, -0.15) is 4.31 Å². The number of carbonyl (C=O) groups excluding carboxylic acids is 3. The van der Waals surface area contributed by atoms with Crippen molar-refractivity contribution < 1.29 is 32.3 Å². The van der Waals surface area contributed by atoms with Crippen LogP contribution in [0.2, 0.25) is 0 Å². The number of nitrogens with zero attached hydrogens (tertiary/aromatic N) is 1. The molecule has 258 valence electrons. The number of hydrogen-bond acceptors (Lipinski definition) is 8. The summed E-state index contributed by atoms with van der Waals surface area (Å²) in [5.74, 6) is -0.875. The van der Waals surface area contributed by atoms with E-state index in [4.69, 9.17) is 9.47 Å². The third kappa shape index (κ3) is 10.2. The highest BCUT2D eigenvalue weighted by molar-refractivity contribution is 14.1. The van der Waals surface area contributed by atoms with E-state index in [-0.39, 0.29) is 30.4 Å². The van der Waals surface area contributed by atoms with Gasteiger partial charge in [0.2, 0.25) is 15.9 Å². The second-order valence-corrected chi connectivity index (χ2v) is 17.0. The molecule has 2 unspecified atom stereocenters. The van der Waals surface area contributed by atoms with Gasteiger partial charge in [-0.05, 0) is 90.2 Å². The highest BCUT2D eigenvalue weighted by Gasteiger charge is 2.41. The van der Waals surface area contributed by atoms with Crippen molar-refractivity contribution in [2.75, 3.05) is 18.9 Å². The van der Waals surface area contributed by atoms with Gasteiger partial charge in [0, 0.05) is 22.3 Å². The molecule has 2 N–H and O–H groups in total. The third-order valence-electron chi connectivity index (χ3n) is 7.47. The number of hydrogen-bond donors (Lipinski definition) is 2. The number of thioether (sulfide) groups is 1. The van der Waals surface area contributed by atoms with Crippen LogP contribution in [-0.4, -0.2) is 66.6 Å². The minimum Gasteiger partial charge on any atom is -0.464 e. The number of ether oxygens (including phenoxy) is 2. The largest absolute Gasteiger partial charge is 0.464 e. The Bertz CT molecular complexity index is 1660. The van der Waals surface area contributed by atoms with Crippen molar-refractivity contribution in [2.45, 2.75) is 69.0 Å². The molecule has 0 spiro atoms. The first-order valence-corrected chi connectivity index (χ1v) is 19.2. The number of sulfonamides is 1. The second-order valence-electron chi connectivity index (χ2n) is 12.7. The standard InChI is InChI=1S/C35H42IN3O7S2/c1-23(2)30(38-34(42)46-35(3,4)5)33(41)45-21-19-29(26-11-15-27(36)16-12-26)37-31(40)32-39(20-22-47-32)48(43,44)28-17-13-25(14-18-28)24-9-7-6-8-10-24/h6-18,23,29-30,32H,19-22H2,1-5H3,(H,37,40)(H,38,42)/t29-,30?,32?/m0/s1. The van der Waals surface area contributed by atoms with Gasteiger partial charge < -0.3 is 20.1 Å². The van der Waals surface area contributed by atoms with E-state index in [2.05, 4.69) is 33.2 Å². The van der Waals surface area contributed by atoms with Crippen LogP contribution in [0.25, 0.3) is 11.1 Å². The zero-order chi connectivity index (χ0) is 35.1. The van der Waals surface area contributed by atoms with E-state index in [0.29, 0.717) is 5.75 Å². The highest BCUT2D eigenvalue weighted by Crippen LogP contribution is 2.32. The van der Waals surface area contributed by atoms with Crippen LogP contribution < -0.4 is 10.6 Å². The summed E-state index contributed by atoms with van der Waals surface area (Å²) in [7, 11) is -3.97. The number of benzene rings is 3. The average molecular weight is 808 g/mol. The maximum absolute atomic E-state index is 13.7. The van der Waals surface area contributed by atoms with Crippen LogP contribution in [0.15, 0.2) is 83.8 Å². The smallest absolute Gasteiger partial charge is 0.408 e. The summed E-state index contributed by atoms with van der Waals surface area (Å²) >= 11 is 3.45. The van der Waals surface area contributed by atoms with Gasteiger partial charge in [0.05, 0.1) is 17.5 Å². The summed E-state index contributed by atoms with van der Waals surface area (Å²) < 4.78 is 40.6. The summed E-state index contributed by atoms with van der Waals surface area (Å²) in [5, 5.41) is 4.63. The number of carbonyl (C=O) groups is 3. The van der Waals surface area contributed by atoms with Crippen molar-refractivity contribution in [1.82, 2.24) is 14.9 Å². The van der Waals surface area contributed by atoms with E-state index in [1.807, 2.05) is 54.6 Å². The Morgan fingerprint density at radius 3 is 2.17 bits per heavy atom. The summed E-state index contributed by atoms with van der Waals surface area (Å²) in [5.41, 5.74) is 1.91. The number of halogens is 1. The van der Waals surface area contributed by atoms with Crippen LogP contribution in [0.4, 0.5) is 4.79 Å². The van der Waals surface area contributed by atoms with Crippen molar-refractivity contribution in [1.29, 1.82) is 0 Å². The van der Waals surface area contributed by atoms with Crippen LogP contribution in [0.3, 0.4) is 0 Å². The zero-order valence-electron chi connectivity index (χ0n) is 27.6. The SMILES string of the molecule is CC(C)C(NC(=O)OC(C)(C)C)C(=O)OCC[C@H](NC(=O)C1SCCN1S(=O)(=O)c1ccc(-c2ccccc2)cc1)c1ccc(I)cc1. The van der Waals surface area contributed by atoms with Crippen LogP contribution in [-0.2, 0) is 29.1 Å². The van der Waals surface area contributed by atoms with Gasteiger partial charge >= 0.3 is 12.1 Å². The number of amides is 2. The van der Waals surface area contributed by atoms with Gasteiger partial charge in [0.15, 0.2) is 0 Å². The number of alkyl carbamates (subject to hydrolysis) is 1. The van der Waals surface area contributed by atoms with E-state index in [0.717, 1.165) is 20.3 Å². The van der Waals surface area contributed by atoms with Crippen molar-refractivity contribution >= 4 is 62.3 Å². The molecule has 2 amide bonds. The molecule has 10 nitrogen and oxygen atoms in total. The highest BCUT2D eigenvalue weighted by atomic mass is 127. The molecule has 13 heteroatoms. The molecule has 1 aliphatic heterocycles. The molecule has 1 fully saturated rings. The van der Waals surface area contributed by atoms with Crippen LogP contribution in [0.5, 0.6) is 0 Å². The van der Waals surface area contributed by atoms with Crippen molar-refractivity contribution in [3.05, 3.63) is 88.0 Å². The number of nitrogens with one attached hydrogen (secondary N) is 2. The fourth-order valence-corrected chi connectivity index (χ4v) is 8.50. The molecule has 1 saturated heterocycles. The maximum Gasteiger partial charge on any atom is 0.408 e. The minimum atomic E-state index is -3.97. The first-order valence-electron chi connectivity index (χ1n) is 15.7. The monoisotopic (exact) mass is 807 g/mol. The van der Waals surface area contributed by atoms with Crippen molar-refractivity contribution in [3.63, 3.8) is 0 Å². The Hall–Kier alpha value is -3.14. The Morgan fingerprint density at radius 2 is 1.56 bits per heavy atom. The second kappa shape index (κ2) is 16.5. The lowest BCUT2D eigenvalue weighted by molar-refractivity contribution is -0.147. The van der Waals surface area contributed by atoms with Crippen molar-refractivity contribution in [2.24, 2.45) is 5.92 Å². The van der Waals surface area contributed by atoms with Crippen LogP contribution in [0.1, 0.15) is 52.6 Å². The molecule has 0 radical (unpaired) electrons. The molecule has 3 aromatic rings. The number of esters is 1. The Balaban J connectivity index is 1.45. The lowest BCUT2D eigenvalue weighted by Gasteiger charge is -2.27. The lowest BCUT2D eigenvalue weighted by atomic mass is 10.0. The summed E-state index contributed by atoms with van der Waals surface area (Å²) in [6.07, 6.45) is -0.497. The predicted molar refractivity (Wildman–Crippen MR) is 196 cm³/mol. The average Bonchev–Trinajstić information content (AvgIpc) is 3.55. The topological polar surface area (TPSA) is 131 Å². The molecular weight excluding hydrogens is 765 g/mol. The third-order valence-corrected chi connectivity index (χ3v) is 11.4. The molecule has 48 heavy (non-hydrogen) atoms.